The Morgan fingerprint density at radius 3 is 3.05 bits per heavy atom. The van der Waals surface area contributed by atoms with Gasteiger partial charge in [-0.1, -0.05) is 0 Å². The minimum Gasteiger partial charge on any atom is -0.337 e. The van der Waals surface area contributed by atoms with Crippen LogP contribution in [-0.2, 0) is 7.05 Å². The van der Waals surface area contributed by atoms with Gasteiger partial charge in [-0.25, -0.2) is 0 Å². The number of carbonyl (C=O) groups excluding carboxylic acids is 1. The summed E-state index contributed by atoms with van der Waals surface area (Å²) in [5.41, 5.74) is 0.984. The van der Waals surface area contributed by atoms with Crippen LogP contribution in [0.3, 0.4) is 0 Å². The highest BCUT2D eigenvalue weighted by molar-refractivity contribution is 7.20. The summed E-state index contributed by atoms with van der Waals surface area (Å²) in [6.45, 7) is 3.87. The molecule has 3 rings (SSSR count). The van der Waals surface area contributed by atoms with Crippen LogP contribution in [0, 0.1) is 6.92 Å². The molecular weight excluding hydrogens is 260 g/mol. The Kier molecular flexibility index (Phi) is 3.06. The topological polar surface area (TPSA) is 50.2 Å². The summed E-state index contributed by atoms with van der Waals surface area (Å²) in [6.07, 6.45) is 1.04. The van der Waals surface area contributed by atoms with Gasteiger partial charge >= 0.3 is 0 Å². The molecule has 102 valence electrons. The van der Waals surface area contributed by atoms with E-state index in [2.05, 4.69) is 10.4 Å². The number of thiophene rings is 1. The number of carbonyl (C=O) groups is 1. The summed E-state index contributed by atoms with van der Waals surface area (Å²) in [5, 5.41) is 8.75. The molecule has 3 heterocycles. The van der Waals surface area contributed by atoms with E-state index in [-0.39, 0.29) is 5.91 Å². The Bertz CT molecular complexity index is 589. The fourth-order valence-corrected chi connectivity index (χ4v) is 3.73. The molecule has 0 radical (unpaired) electrons. The van der Waals surface area contributed by atoms with Crippen LogP contribution in [-0.4, -0.2) is 46.8 Å². The maximum absolute atomic E-state index is 12.5. The molecule has 0 bridgehead atoms. The zero-order valence-electron chi connectivity index (χ0n) is 11.4. The van der Waals surface area contributed by atoms with Gasteiger partial charge in [0.25, 0.3) is 5.91 Å². The first-order valence-corrected chi connectivity index (χ1v) is 7.30. The third kappa shape index (κ3) is 2.04. The third-order valence-corrected chi connectivity index (χ3v) is 5.00. The van der Waals surface area contributed by atoms with Gasteiger partial charge in [-0.2, -0.15) is 5.10 Å². The average Bonchev–Trinajstić information content (AvgIpc) is 3.08. The van der Waals surface area contributed by atoms with Crippen LogP contribution in [0.2, 0.25) is 0 Å². The van der Waals surface area contributed by atoms with E-state index in [0.29, 0.717) is 6.04 Å². The number of rotatable bonds is 2. The summed E-state index contributed by atoms with van der Waals surface area (Å²) in [4.78, 5) is 16.2. The van der Waals surface area contributed by atoms with Crippen molar-refractivity contribution in [3.05, 3.63) is 16.6 Å². The quantitative estimate of drug-likeness (QED) is 0.903. The lowest BCUT2D eigenvalue weighted by Gasteiger charge is -2.22. The van der Waals surface area contributed by atoms with Gasteiger partial charge in [-0.3, -0.25) is 9.48 Å². The number of nitrogens with one attached hydrogen (secondary N) is 1. The number of hydrogen-bond acceptors (Lipinski definition) is 4. The maximum Gasteiger partial charge on any atom is 0.264 e. The first-order valence-electron chi connectivity index (χ1n) is 6.49. The Labute approximate surface area is 116 Å². The van der Waals surface area contributed by atoms with Crippen LogP contribution < -0.4 is 5.32 Å². The first-order chi connectivity index (χ1) is 9.08. The van der Waals surface area contributed by atoms with Gasteiger partial charge in [0.05, 0.1) is 10.6 Å². The van der Waals surface area contributed by atoms with Crippen molar-refractivity contribution < 1.29 is 4.79 Å². The van der Waals surface area contributed by atoms with Gasteiger partial charge in [-0.05, 0) is 26.0 Å². The highest BCUT2D eigenvalue weighted by atomic mass is 32.1. The zero-order valence-corrected chi connectivity index (χ0v) is 12.3. The molecule has 2 aromatic heterocycles. The Morgan fingerprint density at radius 1 is 1.63 bits per heavy atom. The fraction of sp³-hybridized carbons (Fsp3) is 0.538. The molecule has 1 amide bonds. The van der Waals surface area contributed by atoms with Crippen molar-refractivity contribution in [2.75, 3.05) is 20.1 Å². The summed E-state index contributed by atoms with van der Waals surface area (Å²) >= 11 is 1.53. The minimum absolute atomic E-state index is 0.120. The average molecular weight is 278 g/mol. The lowest BCUT2D eigenvalue weighted by Crippen LogP contribution is -2.37. The number of aryl methyl sites for hydroxylation is 2. The molecule has 2 aromatic rings. The van der Waals surface area contributed by atoms with E-state index in [9.17, 15) is 4.79 Å². The fourth-order valence-electron chi connectivity index (χ4n) is 2.62. The molecule has 1 fully saturated rings. The van der Waals surface area contributed by atoms with E-state index < -0.39 is 0 Å². The van der Waals surface area contributed by atoms with Crippen LogP contribution in [0.15, 0.2) is 6.07 Å². The number of aromatic nitrogens is 2. The van der Waals surface area contributed by atoms with Gasteiger partial charge in [0.1, 0.15) is 4.83 Å². The molecule has 1 atom stereocenters. The van der Waals surface area contributed by atoms with Gasteiger partial charge in [0.2, 0.25) is 0 Å². The largest absolute Gasteiger partial charge is 0.337 e. The maximum atomic E-state index is 12.5. The summed E-state index contributed by atoms with van der Waals surface area (Å²) in [5.74, 6) is 0.120. The molecule has 0 aliphatic carbocycles. The predicted octanol–water partition coefficient (Wildman–Crippen LogP) is 1.38. The molecule has 0 saturated carbocycles. The molecular formula is C13H18N4OS. The molecule has 1 aliphatic rings. The minimum atomic E-state index is 0.120. The molecule has 5 nitrogen and oxygen atoms in total. The molecule has 6 heteroatoms. The molecule has 1 N–H and O–H groups in total. The molecule has 0 aromatic carbocycles. The van der Waals surface area contributed by atoms with Crippen LogP contribution in [0.1, 0.15) is 21.8 Å². The molecule has 19 heavy (non-hydrogen) atoms. The smallest absolute Gasteiger partial charge is 0.264 e. The van der Waals surface area contributed by atoms with Crippen molar-refractivity contribution in [2.45, 2.75) is 19.4 Å². The second-order valence-corrected chi connectivity index (χ2v) is 6.13. The van der Waals surface area contributed by atoms with Crippen LogP contribution in [0.25, 0.3) is 10.2 Å². The van der Waals surface area contributed by atoms with Crippen LogP contribution in [0.4, 0.5) is 0 Å². The van der Waals surface area contributed by atoms with E-state index in [1.165, 1.54) is 11.3 Å². The Morgan fingerprint density at radius 2 is 2.42 bits per heavy atom. The van der Waals surface area contributed by atoms with E-state index in [4.69, 9.17) is 0 Å². The van der Waals surface area contributed by atoms with E-state index in [1.54, 1.807) is 0 Å². The third-order valence-electron chi connectivity index (χ3n) is 3.81. The van der Waals surface area contributed by atoms with Gasteiger partial charge in [0.15, 0.2) is 0 Å². The number of likely N-dealkylation sites (N-methyl/N-ethyl adjacent to an activating group) is 1. The van der Waals surface area contributed by atoms with Crippen molar-refractivity contribution in [1.29, 1.82) is 0 Å². The van der Waals surface area contributed by atoms with E-state index in [0.717, 1.165) is 40.3 Å². The SMILES string of the molecule is Cc1nn(C)c2sc(C(=O)N(C)C3CCNC3)cc12. The monoisotopic (exact) mass is 278 g/mol. The van der Waals surface area contributed by atoms with Gasteiger partial charge in [0, 0.05) is 32.1 Å². The highest BCUT2D eigenvalue weighted by Gasteiger charge is 2.25. The summed E-state index contributed by atoms with van der Waals surface area (Å²) in [7, 11) is 3.82. The Hall–Kier alpha value is -1.40. The van der Waals surface area contributed by atoms with Crippen LogP contribution >= 0.6 is 11.3 Å². The van der Waals surface area contributed by atoms with Crippen molar-refractivity contribution in [2.24, 2.45) is 7.05 Å². The molecule has 0 spiro atoms. The first kappa shape index (κ1) is 12.6. The molecule has 1 aliphatic heterocycles. The lowest BCUT2D eigenvalue weighted by molar-refractivity contribution is 0.0749. The molecule has 1 saturated heterocycles. The second kappa shape index (κ2) is 4.61. The highest BCUT2D eigenvalue weighted by Crippen LogP contribution is 2.28. The normalized spacial score (nSPS) is 19.2. The van der Waals surface area contributed by atoms with E-state index >= 15 is 0 Å². The second-order valence-electron chi connectivity index (χ2n) is 5.10. The summed E-state index contributed by atoms with van der Waals surface area (Å²) in [6, 6.07) is 2.29. The predicted molar refractivity (Wildman–Crippen MR) is 76.7 cm³/mol. The van der Waals surface area contributed by atoms with Crippen molar-refractivity contribution in [3.63, 3.8) is 0 Å². The lowest BCUT2D eigenvalue weighted by atomic mass is 10.2. The Balaban J connectivity index is 1.90. The number of amides is 1. The summed E-state index contributed by atoms with van der Waals surface area (Å²) < 4.78 is 1.85. The van der Waals surface area contributed by atoms with Crippen molar-refractivity contribution in [1.82, 2.24) is 20.0 Å². The molecule has 1 unspecified atom stereocenters. The number of fused-ring (bicyclic) bond motifs is 1. The number of nitrogens with zero attached hydrogens (tertiary/aromatic N) is 3. The van der Waals surface area contributed by atoms with Crippen molar-refractivity contribution >= 4 is 27.5 Å². The van der Waals surface area contributed by atoms with Crippen LogP contribution in [0.5, 0.6) is 0 Å². The zero-order chi connectivity index (χ0) is 13.6. The van der Waals surface area contributed by atoms with E-state index in [1.807, 2.05) is 36.7 Å². The van der Waals surface area contributed by atoms with Gasteiger partial charge in [-0.15, -0.1) is 11.3 Å². The standard InChI is InChI=1S/C13H18N4OS/c1-8-10-6-11(19-13(10)17(3)15-8)12(18)16(2)9-4-5-14-7-9/h6,9,14H,4-5,7H2,1-3H3. The van der Waals surface area contributed by atoms with Gasteiger partial charge < -0.3 is 10.2 Å². The van der Waals surface area contributed by atoms with Crippen molar-refractivity contribution in [3.8, 4) is 0 Å². The number of hydrogen-bond donors (Lipinski definition) is 1.